The van der Waals surface area contributed by atoms with Crippen molar-refractivity contribution in [2.45, 2.75) is 191 Å². The molecule has 0 saturated carbocycles. The summed E-state index contributed by atoms with van der Waals surface area (Å²) in [6.07, 6.45) is 15.0. The molecule has 4 aromatic carbocycles. The van der Waals surface area contributed by atoms with Gasteiger partial charge in [0.2, 0.25) is 0 Å². The molecular formula is C61H86N6O9. The predicted molar refractivity (Wildman–Crippen MR) is 303 cm³/mol. The Morgan fingerprint density at radius 3 is 1.46 bits per heavy atom. The molecule has 0 aliphatic rings. The van der Waals surface area contributed by atoms with Crippen LogP contribution in [0.5, 0.6) is 11.5 Å². The monoisotopic (exact) mass is 1050 g/mol. The summed E-state index contributed by atoms with van der Waals surface area (Å²) in [5.41, 5.74) is 4.73. The van der Waals surface area contributed by atoms with E-state index in [1.807, 2.05) is 27.7 Å². The minimum absolute atomic E-state index is 0.0426. The van der Waals surface area contributed by atoms with E-state index in [-0.39, 0.29) is 47.7 Å². The maximum absolute atomic E-state index is 13.4. The average molecular weight is 1050 g/mol. The molecular weight excluding hydrogens is 961 g/mol. The van der Waals surface area contributed by atoms with E-state index in [9.17, 15) is 19.2 Å². The summed E-state index contributed by atoms with van der Waals surface area (Å²) in [7, 11) is 0. The molecule has 15 nitrogen and oxygen atoms in total. The number of nitrogens with zero attached hydrogens (tertiary/aromatic N) is 4. The summed E-state index contributed by atoms with van der Waals surface area (Å²) in [5, 5.41) is 23.7. The number of hydrogen-bond acceptors (Lipinski definition) is 13. The van der Waals surface area contributed by atoms with Crippen LogP contribution >= 0.6 is 0 Å². The zero-order valence-electron chi connectivity index (χ0n) is 47.1. The first-order valence-corrected chi connectivity index (χ1v) is 28.0. The Balaban J connectivity index is 1.46. The fourth-order valence-corrected chi connectivity index (χ4v) is 8.44. The van der Waals surface area contributed by atoms with Crippen LogP contribution in [0.1, 0.15) is 196 Å². The smallest absolute Gasteiger partial charge is 0.338 e. The minimum atomic E-state index is -0.537. The lowest BCUT2D eigenvalue weighted by atomic mass is 9.96. The molecule has 0 fully saturated rings. The first-order chi connectivity index (χ1) is 36.7. The quantitative estimate of drug-likeness (QED) is 0.0151. The van der Waals surface area contributed by atoms with Crippen LogP contribution in [0.15, 0.2) is 93.3 Å². The summed E-state index contributed by atoms with van der Waals surface area (Å²) in [6.45, 7) is 21.1. The first kappa shape index (κ1) is 62.1. The van der Waals surface area contributed by atoms with E-state index in [4.69, 9.17) is 23.7 Å². The van der Waals surface area contributed by atoms with Crippen molar-refractivity contribution in [3.63, 3.8) is 0 Å². The van der Waals surface area contributed by atoms with Crippen LogP contribution in [0, 0.1) is 25.7 Å². The van der Waals surface area contributed by atoms with Crippen LogP contribution in [-0.2, 0) is 19.0 Å². The van der Waals surface area contributed by atoms with Crippen LogP contribution in [0.25, 0.3) is 0 Å². The number of azo groups is 2. The number of amides is 2. The van der Waals surface area contributed by atoms with Gasteiger partial charge in [-0.05, 0) is 130 Å². The molecule has 4 atom stereocenters. The van der Waals surface area contributed by atoms with Crippen molar-refractivity contribution >= 4 is 58.1 Å². The van der Waals surface area contributed by atoms with E-state index in [1.165, 1.54) is 6.07 Å². The number of ether oxygens (including phenoxy) is 5. The molecule has 0 bridgehead atoms. The Kier molecular flexibility index (Phi) is 28.0. The molecule has 4 aromatic rings. The second-order valence-electron chi connectivity index (χ2n) is 19.7. The summed E-state index contributed by atoms with van der Waals surface area (Å²) >= 11 is 0. The van der Waals surface area contributed by atoms with Gasteiger partial charge in [-0.25, -0.2) is 14.4 Å². The second-order valence-corrected chi connectivity index (χ2v) is 19.7. The molecule has 0 saturated heterocycles. The fourth-order valence-electron chi connectivity index (χ4n) is 8.44. The molecule has 76 heavy (non-hydrogen) atoms. The molecule has 2 N–H and O–H groups in total. The van der Waals surface area contributed by atoms with Crippen LogP contribution in [0.2, 0.25) is 0 Å². The molecule has 0 heterocycles. The van der Waals surface area contributed by atoms with Crippen molar-refractivity contribution in [1.29, 1.82) is 0 Å². The van der Waals surface area contributed by atoms with Crippen LogP contribution in [0.4, 0.5) is 38.9 Å². The Bertz CT molecular complexity index is 2460. The number of hydrogen-bond donors (Lipinski definition) is 2. The molecule has 0 spiro atoms. The fraction of sp³-hybridized carbons (Fsp3) is 0.541. The van der Waals surface area contributed by atoms with Crippen molar-refractivity contribution in [3.05, 3.63) is 95.1 Å². The van der Waals surface area contributed by atoms with E-state index in [0.29, 0.717) is 71.7 Å². The third kappa shape index (κ3) is 22.0. The molecule has 4 unspecified atom stereocenters. The summed E-state index contributed by atoms with van der Waals surface area (Å²) in [5.74, 6) is 0.0879. The van der Waals surface area contributed by atoms with Gasteiger partial charge in [0.15, 0.2) is 6.79 Å². The van der Waals surface area contributed by atoms with Crippen molar-refractivity contribution in [3.8, 4) is 11.5 Å². The Morgan fingerprint density at radius 1 is 0.513 bits per heavy atom. The molecule has 0 radical (unpaired) electrons. The van der Waals surface area contributed by atoms with Crippen molar-refractivity contribution < 1.29 is 42.9 Å². The first-order valence-electron chi connectivity index (χ1n) is 28.0. The summed E-state index contributed by atoms with van der Waals surface area (Å²) in [6, 6.07) is 19.7. The molecule has 0 aliphatic heterocycles. The predicted octanol–water partition coefficient (Wildman–Crippen LogP) is 18.1. The van der Waals surface area contributed by atoms with Gasteiger partial charge in [-0.1, -0.05) is 120 Å². The van der Waals surface area contributed by atoms with Gasteiger partial charge in [-0.15, -0.1) is 0 Å². The zero-order valence-corrected chi connectivity index (χ0v) is 47.1. The highest BCUT2D eigenvalue weighted by molar-refractivity contribution is 6.00. The van der Waals surface area contributed by atoms with Gasteiger partial charge < -0.3 is 34.3 Å². The number of anilines is 2. The van der Waals surface area contributed by atoms with Crippen molar-refractivity contribution in [2.24, 2.45) is 32.3 Å². The van der Waals surface area contributed by atoms with Gasteiger partial charge in [0.25, 0.3) is 0 Å². The lowest BCUT2D eigenvalue weighted by molar-refractivity contribution is -0.135. The topological polar surface area (TPSA) is 188 Å². The van der Waals surface area contributed by atoms with Crippen LogP contribution in [-0.4, -0.2) is 49.5 Å². The number of aryl methyl sites for hydroxylation is 2. The standard InChI is InChI=1S/C61H86N6O9/c1-11-19-23-44(15-5)33-58(68)74-55-38-51(37-54(39-55)73-41-72-40-45(16-6)24-20-12-2)65-67-57-30-28-49(32-43(57)10)63-61(71)62-48-27-29-56(42(9)31-48)66-64-50-35-46(59(69)75-52(17-7)25-21-13-3)34-47(36-50)60(70)76-53(18-8)26-22-14-4/h27-32,34-39,44-45,52-53H,11-26,33,40-41H2,1-10H3,(H2,62,63,71). The highest BCUT2D eigenvalue weighted by atomic mass is 16.7. The number of benzene rings is 4. The zero-order chi connectivity index (χ0) is 55.2. The van der Waals surface area contributed by atoms with E-state index in [1.54, 1.807) is 66.7 Å². The van der Waals surface area contributed by atoms with Crippen LogP contribution < -0.4 is 20.1 Å². The maximum atomic E-state index is 13.4. The van der Waals surface area contributed by atoms with Gasteiger partial charge in [0.05, 0.1) is 40.5 Å². The van der Waals surface area contributed by atoms with E-state index < -0.39 is 18.0 Å². The Hall–Kier alpha value is -6.48. The van der Waals surface area contributed by atoms with Gasteiger partial charge in [0.1, 0.15) is 23.7 Å². The van der Waals surface area contributed by atoms with Crippen LogP contribution in [0.3, 0.4) is 0 Å². The molecule has 414 valence electrons. The summed E-state index contributed by atoms with van der Waals surface area (Å²) in [4.78, 5) is 53.2. The molecule has 4 rings (SSSR count). The molecule has 0 aliphatic carbocycles. The maximum Gasteiger partial charge on any atom is 0.338 e. The minimum Gasteiger partial charge on any atom is -0.467 e. The molecule has 0 aromatic heterocycles. The highest BCUT2D eigenvalue weighted by Gasteiger charge is 2.21. The van der Waals surface area contributed by atoms with Gasteiger partial charge in [0, 0.05) is 36.0 Å². The Labute approximate surface area is 452 Å². The number of rotatable bonds is 34. The number of unbranched alkanes of at least 4 members (excludes halogenated alkanes) is 4. The number of esters is 3. The van der Waals surface area contributed by atoms with E-state index in [0.717, 1.165) is 101 Å². The molecule has 2 amide bonds. The lowest BCUT2D eigenvalue weighted by Gasteiger charge is -2.17. The third-order valence-electron chi connectivity index (χ3n) is 13.4. The van der Waals surface area contributed by atoms with E-state index >= 15 is 0 Å². The summed E-state index contributed by atoms with van der Waals surface area (Å²) < 4.78 is 29.5. The van der Waals surface area contributed by atoms with Gasteiger partial charge in [-0.3, -0.25) is 4.79 Å². The Morgan fingerprint density at radius 2 is 0.987 bits per heavy atom. The van der Waals surface area contributed by atoms with Gasteiger partial charge in [-0.2, -0.15) is 20.5 Å². The van der Waals surface area contributed by atoms with Gasteiger partial charge >= 0.3 is 23.9 Å². The lowest BCUT2D eigenvalue weighted by Crippen LogP contribution is -2.19. The number of carbonyl (C=O) groups excluding carboxylic acids is 4. The number of nitrogens with one attached hydrogen (secondary N) is 2. The second kappa shape index (κ2) is 34.2. The largest absolute Gasteiger partial charge is 0.467 e. The van der Waals surface area contributed by atoms with Crippen molar-refractivity contribution in [1.82, 2.24) is 0 Å². The number of carbonyl (C=O) groups is 4. The number of urea groups is 1. The SMILES string of the molecule is CCCCC(CC)COCOc1cc(N=Nc2ccc(NC(=O)Nc3ccc(N=Nc4cc(C(=O)OC(CC)CCCC)cc(C(=O)OC(CC)CCCC)c4)c(C)c3)cc2C)cc(OC(=O)CC(CC)CCCC)c1. The normalized spacial score (nSPS) is 13.0. The van der Waals surface area contributed by atoms with Crippen molar-refractivity contribution in [2.75, 3.05) is 24.0 Å². The van der Waals surface area contributed by atoms with E-state index in [2.05, 4.69) is 72.6 Å². The molecule has 15 heteroatoms. The highest BCUT2D eigenvalue weighted by Crippen LogP contribution is 2.33. The third-order valence-corrected chi connectivity index (χ3v) is 13.4. The average Bonchev–Trinajstić information content (AvgIpc) is 3.41.